The van der Waals surface area contributed by atoms with Crippen LogP contribution in [0.3, 0.4) is 0 Å². The molecule has 0 aliphatic carbocycles. The minimum Gasteiger partial charge on any atom is -0.480 e. The molecular formula is C11H22O2S. The maximum absolute atomic E-state index is 11.3. The van der Waals surface area contributed by atoms with Crippen LogP contribution < -0.4 is 0 Å². The molecular weight excluding hydrogens is 196 g/mol. The minimum absolute atomic E-state index is 0.514. The van der Waals surface area contributed by atoms with Crippen LogP contribution in [-0.2, 0) is 4.79 Å². The normalized spacial score (nSPS) is 11.6. The van der Waals surface area contributed by atoms with Gasteiger partial charge in [0.15, 0.2) is 0 Å². The number of carboxylic acid groups (broad SMARTS) is 1. The Kier molecular flexibility index (Phi) is 7.06. The van der Waals surface area contributed by atoms with Gasteiger partial charge in [0, 0.05) is 0 Å². The highest BCUT2D eigenvalue weighted by Crippen LogP contribution is 2.35. The molecule has 0 bridgehead atoms. The Morgan fingerprint density at radius 2 is 1.64 bits per heavy atom. The Bertz CT molecular complexity index is 163. The Labute approximate surface area is 91.5 Å². The van der Waals surface area contributed by atoms with Gasteiger partial charge in [-0.25, -0.2) is 0 Å². The van der Waals surface area contributed by atoms with E-state index in [4.69, 9.17) is 0 Å². The highest BCUT2D eigenvalue weighted by Gasteiger charge is 2.36. The van der Waals surface area contributed by atoms with Gasteiger partial charge >= 0.3 is 5.97 Å². The fraction of sp³-hybridized carbons (Fsp3) is 0.909. The second kappa shape index (κ2) is 7.16. The van der Waals surface area contributed by atoms with Gasteiger partial charge in [-0.2, -0.15) is 0 Å². The zero-order valence-corrected chi connectivity index (χ0v) is 10.3. The van der Waals surface area contributed by atoms with E-state index in [0.29, 0.717) is 0 Å². The summed E-state index contributed by atoms with van der Waals surface area (Å²) in [7, 11) is 0. The lowest BCUT2D eigenvalue weighted by molar-refractivity contribution is -0.140. The van der Waals surface area contributed by atoms with Crippen molar-refractivity contribution in [2.75, 3.05) is 5.75 Å². The first-order chi connectivity index (χ1) is 6.63. The third kappa shape index (κ3) is 3.91. The van der Waals surface area contributed by atoms with E-state index in [9.17, 15) is 9.90 Å². The van der Waals surface area contributed by atoms with Crippen molar-refractivity contribution >= 4 is 17.7 Å². The standard InChI is InChI=1S/C11H22O2S/c1-4-7-11(8-5-2,10(12)13)14-9-6-3/h4-9H2,1-3H3,(H,12,13). The predicted molar refractivity (Wildman–Crippen MR) is 62.9 cm³/mol. The number of carbonyl (C=O) groups is 1. The van der Waals surface area contributed by atoms with Gasteiger partial charge in [0.25, 0.3) is 0 Å². The molecule has 0 aliphatic rings. The lowest BCUT2D eigenvalue weighted by Crippen LogP contribution is -2.35. The topological polar surface area (TPSA) is 37.3 Å². The van der Waals surface area contributed by atoms with Crippen molar-refractivity contribution in [3.05, 3.63) is 0 Å². The molecule has 2 nitrogen and oxygen atoms in total. The van der Waals surface area contributed by atoms with Gasteiger partial charge in [0.1, 0.15) is 4.75 Å². The molecule has 0 amide bonds. The number of hydrogen-bond donors (Lipinski definition) is 1. The van der Waals surface area contributed by atoms with Crippen molar-refractivity contribution in [2.24, 2.45) is 0 Å². The van der Waals surface area contributed by atoms with Crippen LogP contribution in [-0.4, -0.2) is 21.6 Å². The monoisotopic (exact) mass is 218 g/mol. The van der Waals surface area contributed by atoms with E-state index in [1.165, 1.54) is 0 Å². The molecule has 0 fully saturated rings. The smallest absolute Gasteiger partial charge is 0.319 e. The maximum Gasteiger partial charge on any atom is 0.319 e. The number of rotatable bonds is 8. The minimum atomic E-state index is -0.625. The summed E-state index contributed by atoms with van der Waals surface area (Å²) in [5.74, 6) is 0.325. The van der Waals surface area contributed by atoms with E-state index in [0.717, 1.165) is 37.9 Å². The number of hydrogen-bond acceptors (Lipinski definition) is 2. The Morgan fingerprint density at radius 1 is 1.14 bits per heavy atom. The first kappa shape index (κ1) is 13.8. The van der Waals surface area contributed by atoms with Crippen molar-refractivity contribution in [3.8, 4) is 0 Å². The Morgan fingerprint density at radius 3 is 1.93 bits per heavy atom. The molecule has 0 saturated heterocycles. The second-order valence-electron chi connectivity index (χ2n) is 3.65. The van der Waals surface area contributed by atoms with Crippen molar-refractivity contribution in [3.63, 3.8) is 0 Å². The largest absolute Gasteiger partial charge is 0.480 e. The van der Waals surface area contributed by atoms with E-state index in [1.807, 2.05) is 0 Å². The van der Waals surface area contributed by atoms with Crippen LogP contribution in [0.15, 0.2) is 0 Å². The molecule has 0 aromatic rings. The fourth-order valence-corrected chi connectivity index (χ4v) is 3.07. The van der Waals surface area contributed by atoms with Gasteiger partial charge in [-0.1, -0.05) is 33.6 Å². The summed E-state index contributed by atoms with van der Waals surface area (Å²) in [5.41, 5.74) is 0. The molecule has 84 valence electrons. The molecule has 0 saturated carbocycles. The van der Waals surface area contributed by atoms with E-state index in [-0.39, 0.29) is 0 Å². The van der Waals surface area contributed by atoms with Crippen LogP contribution in [0.5, 0.6) is 0 Å². The summed E-state index contributed by atoms with van der Waals surface area (Å²) in [6.45, 7) is 6.21. The highest BCUT2D eigenvalue weighted by molar-refractivity contribution is 8.01. The highest BCUT2D eigenvalue weighted by atomic mass is 32.2. The van der Waals surface area contributed by atoms with Crippen LogP contribution in [0.25, 0.3) is 0 Å². The van der Waals surface area contributed by atoms with Crippen molar-refractivity contribution in [2.45, 2.75) is 57.6 Å². The van der Waals surface area contributed by atoms with Gasteiger partial charge in [0.05, 0.1) is 0 Å². The van der Waals surface area contributed by atoms with E-state index in [1.54, 1.807) is 11.8 Å². The summed E-state index contributed by atoms with van der Waals surface area (Å²) >= 11 is 1.63. The fourth-order valence-electron chi connectivity index (χ4n) is 1.65. The maximum atomic E-state index is 11.3. The van der Waals surface area contributed by atoms with Crippen LogP contribution >= 0.6 is 11.8 Å². The molecule has 0 spiro atoms. The van der Waals surface area contributed by atoms with Crippen molar-refractivity contribution < 1.29 is 9.90 Å². The van der Waals surface area contributed by atoms with Gasteiger partial charge < -0.3 is 5.11 Å². The summed E-state index contributed by atoms with van der Waals surface area (Å²) in [6, 6.07) is 0. The van der Waals surface area contributed by atoms with Gasteiger partial charge in [-0.3, -0.25) is 4.79 Å². The summed E-state index contributed by atoms with van der Waals surface area (Å²) in [6.07, 6.45) is 4.53. The molecule has 14 heavy (non-hydrogen) atoms. The van der Waals surface area contributed by atoms with Crippen LogP contribution in [0.4, 0.5) is 0 Å². The summed E-state index contributed by atoms with van der Waals surface area (Å²) in [5, 5.41) is 9.29. The molecule has 0 aromatic heterocycles. The Balaban J connectivity index is 4.46. The third-order valence-corrected chi connectivity index (χ3v) is 4.03. The zero-order chi connectivity index (χ0) is 11.0. The summed E-state index contributed by atoms with van der Waals surface area (Å²) < 4.78 is -0.514. The predicted octanol–water partition coefficient (Wildman–Crippen LogP) is 3.55. The lowest BCUT2D eigenvalue weighted by atomic mass is 9.97. The first-order valence-corrected chi connectivity index (χ1v) is 6.48. The SMILES string of the molecule is CCCSC(CCC)(CCC)C(=O)O. The second-order valence-corrected chi connectivity index (χ2v) is 5.13. The van der Waals surface area contributed by atoms with Crippen molar-refractivity contribution in [1.29, 1.82) is 0 Å². The first-order valence-electron chi connectivity index (χ1n) is 5.50. The van der Waals surface area contributed by atoms with Gasteiger partial charge in [-0.05, 0) is 25.0 Å². The van der Waals surface area contributed by atoms with Gasteiger partial charge in [-0.15, -0.1) is 11.8 Å². The van der Waals surface area contributed by atoms with E-state index >= 15 is 0 Å². The number of thioether (sulfide) groups is 1. The summed E-state index contributed by atoms with van der Waals surface area (Å²) in [4.78, 5) is 11.3. The van der Waals surface area contributed by atoms with Crippen LogP contribution in [0.1, 0.15) is 52.9 Å². The quantitative estimate of drug-likeness (QED) is 0.677. The van der Waals surface area contributed by atoms with Crippen LogP contribution in [0, 0.1) is 0 Å². The number of carboxylic acids is 1. The number of aliphatic carboxylic acids is 1. The molecule has 3 heteroatoms. The third-order valence-electron chi connectivity index (χ3n) is 2.28. The average molecular weight is 218 g/mol. The molecule has 0 aromatic carbocycles. The molecule has 0 heterocycles. The van der Waals surface area contributed by atoms with E-state index < -0.39 is 10.7 Å². The molecule has 0 aliphatic heterocycles. The zero-order valence-electron chi connectivity index (χ0n) is 9.51. The van der Waals surface area contributed by atoms with E-state index in [2.05, 4.69) is 20.8 Å². The molecule has 0 rings (SSSR count). The van der Waals surface area contributed by atoms with Crippen molar-refractivity contribution in [1.82, 2.24) is 0 Å². The molecule has 0 radical (unpaired) electrons. The lowest BCUT2D eigenvalue weighted by Gasteiger charge is -2.28. The van der Waals surface area contributed by atoms with Gasteiger partial charge in [0.2, 0.25) is 0 Å². The molecule has 0 unspecified atom stereocenters. The van der Waals surface area contributed by atoms with Crippen LogP contribution in [0.2, 0.25) is 0 Å². The molecule has 0 atom stereocenters. The average Bonchev–Trinajstić information content (AvgIpc) is 2.14. The Hall–Kier alpha value is -0.180. The molecule has 1 N–H and O–H groups in total.